The highest BCUT2D eigenvalue weighted by Crippen LogP contribution is 2.11. The lowest BCUT2D eigenvalue weighted by Gasteiger charge is -2.08. The molecule has 0 heterocycles. The molecule has 0 saturated heterocycles. The summed E-state index contributed by atoms with van der Waals surface area (Å²) >= 11 is 0. The van der Waals surface area contributed by atoms with E-state index in [1.165, 1.54) is 0 Å². The third-order valence-electron chi connectivity index (χ3n) is 1.28. The fourth-order valence-electron chi connectivity index (χ4n) is 0.722. The van der Waals surface area contributed by atoms with Gasteiger partial charge in [0.05, 0.1) is 19.6 Å². The molecule has 0 aromatic carbocycles. The van der Waals surface area contributed by atoms with Gasteiger partial charge in [-0.2, -0.15) is 13.2 Å². The van der Waals surface area contributed by atoms with E-state index in [4.69, 9.17) is 0 Å². The molecule has 0 aliphatic carbocycles. The van der Waals surface area contributed by atoms with Crippen LogP contribution < -0.4 is 16.4 Å². The van der Waals surface area contributed by atoms with Crippen LogP contribution in [-0.4, -0.2) is 44.4 Å². The largest absolute Gasteiger partial charge is 0.448 e. The molecule has 9 heteroatoms. The fraction of sp³-hybridized carbons (Fsp3) is 0.714. The minimum atomic E-state index is -4.35. The van der Waals surface area contributed by atoms with Crippen molar-refractivity contribution in [3.05, 3.63) is 0 Å². The Balaban J connectivity index is 3.42. The Bertz CT molecular complexity index is 245. The van der Waals surface area contributed by atoms with Crippen LogP contribution in [0.25, 0.3) is 0 Å². The maximum atomic E-state index is 11.6. The van der Waals surface area contributed by atoms with Crippen molar-refractivity contribution in [3.8, 4) is 0 Å². The Kier molecular flexibility index (Phi) is 6.23. The second kappa shape index (κ2) is 6.88. The first-order chi connectivity index (χ1) is 7.31. The average Bonchev–Trinajstić information content (AvgIpc) is 2.10. The van der Waals surface area contributed by atoms with Gasteiger partial charge in [0.15, 0.2) is 0 Å². The molecule has 16 heavy (non-hydrogen) atoms. The molecule has 0 aromatic heterocycles. The molecule has 0 rings (SSSR count). The molecule has 0 aromatic rings. The lowest BCUT2D eigenvalue weighted by atomic mass is 10.5. The first kappa shape index (κ1) is 14.5. The lowest BCUT2D eigenvalue weighted by molar-refractivity contribution is -0.128. The van der Waals surface area contributed by atoms with Crippen LogP contribution >= 0.6 is 0 Å². The van der Waals surface area contributed by atoms with Crippen molar-refractivity contribution in [1.29, 1.82) is 0 Å². The van der Waals surface area contributed by atoms with Crippen molar-refractivity contribution in [2.75, 3.05) is 26.2 Å². The number of hydrogen-bond acceptors (Lipinski definition) is 4. The highest BCUT2D eigenvalue weighted by molar-refractivity contribution is 5.77. The Morgan fingerprint density at radius 1 is 1.31 bits per heavy atom. The van der Waals surface area contributed by atoms with Gasteiger partial charge < -0.3 is 21.1 Å². The van der Waals surface area contributed by atoms with Crippen molar-refractivity contribution in [1.82, 2.24) is 10.6 Å². The van der Waals surface area contributed by atoms with Crippen LogP contribution in [0, 0.1) is 0 Å². The van der Waals surface area contributed by atoms with Crippen LogP contribution in [0.3, 0.4) is 0 Å². The minimum Gasteiger partial charge on any atom is -0.448 e. The molecule has 0 saturated carbocycles. The summed E-state index contributed by atoms with van der Waals surface area (Å²) in [4.78, 5) is 20.9. The predicted molar refractivity (Wildman–Crippen MR) is 47.5 cm³/mol. The highest BCUT2D eigenvalue weighted by atomic mass is 19.4. The number of carbonyl (C=O) groups excluding carboxylic acids is 2. The summed E-state index contributed by atoms with van der Waals surface area (Å²) in [6.45, 7) is -1.83. The monoisotopic (exact) mass is 243 g/mol. The van der Waals surface area contributed by atoms with Crippen LogP contribution in [0.5, 0.6) is 0 Å². The van der Waals surface area contributed by atoms with E-state index in [2.05, 4.69) is 15.8 Å². The molecule has 0 fully saturated rings. The van der Waals surface area contributed by atoms with E-state index in [1.807, 2.05) is 5.32 Å². The van der Waals surface area contributed by atoms with Crippen molar-refractivity contribution >= 4 is 12.0 Å². The summed E-state index contributed by atoms with van der Waals surface area (Å²) in [6, 6.07) is 0. The lowest BCUT2D eigenvalue weighted by Crippen LogP contribution is -2.39. The van der Waals surface area contributed by atoms with Crippen LogP contribution in [0.1, 0.15) is 0 Å². The van der Waals surface area contributed by atoms with E-state index in [1.54, 1.807) is 0 Å². The maximum absolute atomic E-state index is 11.6. The first-order valence-electron chi connectivity index (χ1n) is 4.27. The maximum Gasteiger partial charge on any atom is 0.404 e. The number of rotatable bonds is 6. The first-order valence-corrected chi connectivity index (χ1v) is 4.27. The van der Waals surface area contributed by atoms with E-state index < -0.39 is 31.3 Å². The Labute approximate surface area is 89.3 Å². The van der Waals surface area contributed by atoms with E-state index in [0.717, 1.165) is 0 Å². The molecular weight excluding hydrogens is 231 g/mol. The van der Waals surface area contributed by atoms with Gasteiger partial charge in [-0.25, -0.2) is 4.79 Å². The van der Waals surface area contributed by atoms with Crippen molar-refractivity contribution in [2.45, 2.75) is 6.18 Å². The summed E-state index contributed by atoms with van der Waals surface area (Å²) < 4.78 is 39.2. The Morgan fingerprint density at radius 3 is 2.44 bits per heavy atom. The molecule has 94 valence electrons. The Hall–Kier alpha value is -1.51. The van der Waals surface area contributed by atoms with Crippen molar-refractivity contribution < 1.29 is 27.5 Å². The van der Waals surface area contributed by atoms with Gasteiger partial charge in [0.2, 0.25) is 5.91 Å². The minimum absolute atomic E-state index is 0.00449. The number of alkyl halides is 3. The van der Waals surface area contributed by atoms with Crippen molar-refractivity contribution in [2.24, 2.45) is 5.73 Å². The molecule has 0 aliphatic rings. The van der Waals surface area contributed by atoms with Crippen LogP contribution in [0.15, 0.2) is 0 Å². The molecule has 6 nitrogen and oxygen atoms in total. The molecule has 4 N–H and O–H groups in total. The zero-order chi connectivity index (χ0) is 12.6. The summed E-state index contributed by atoms with van der Waals surface area (Å²) in [7, 11) is 0. The van der Waals surface area contributed by atoms with Crippen LogP contribution in [0.4, 0.5) is 18.0 Å². The number of halogens is 3. The summed E-state index contributed by atoms with van der Waals surface area (Å²) in [5.74, 6) is -0.627. The topological polar surface area (TPSA) is 93.5 Å². The van der Waals surface area contributed by atoms with E-state index in [-0.39, 0.29) is 13.2 Å². The molecule has 0 radical (unpaired) electrons. The summed E-state index contributed by atoms with van der Waals surface area (Å²) in [5.41, 5.74) is 4.63. The fourth-order valence-corrected chi connectivity index (χ4v) is 0.722. The third-order valence-corrected chi connectivity index (χ3v) is 1.28. The number of primary amides is 1. The number of nitrogens with one attached hydrogen (secondary N) is 2. The molecule has 0 spiro atoms. The number of nitrogens with two attached hydrogens (primary N) is 1. The standard InChI is InChI=1S/C7H12F3N3O3/c8-7(9,10)4-12-3-5(14)13-1-2-16-6(11)15/h12H,1-4H2,(H2,11,15)(H,13,14). The van der Waals surface area contributed by atoms with Gasteiger partial charge in [-0.1, -0.05) is 0 Å². The molecule has 0 bridgehead atoms. The molecule has 0 atom stereocenters. The van der Waals surface area contributed by atoms with E-state index in [0.29, 0.717) is 0 Å². The number of hydrogen-bond donors (Lipinski definition) is 3. The summed E-state index contributed by atoms with van der Waals surface area (Å²) in [5, 5.41) is 4.13. The van der Waals surface area contributed by atoms with Crippen LogP contribution in [0.2, 0.25) is 0 Å². The average molecular weight is 243 g/mol. The van der Waals surface area contributed by atoms with E-state index in [9.17, 15) is 22.8 Å². The van der Waals surface area contributed by atoms with Gasteiger partial charge >= 0.3 is 12.3 Å². The zero-order valence-electron chi connectivity index (χ0n) is 8.26. The number of ether oxygens (including phenoxy) is 1. The quantitative estimate of drug-likeness (QED) is 0.540. The predicted octanol–water partition coefficient (Wildman–Crippen LogP) is -0.650. The Morgan fingerprint density at radius 2 is 1.94 bits per heavy atom. The van der Waals surface area contributed by atoms with Crippen molar-refractivity contribution in [3.63, 3.8) is 0 Å². The third kappa shape index (κ3) is 10.6. The van der Waals surface area contributed by atoms with Gasteiger partial charge in [0.25, 0.3) is 0 Å². The highest BCUT2D eigenvalue weighted by Gasteiger charge is 2.26. The SMILES string of the molecule is NC(=O)OCCNC(=O)CNCC(F)(F)F. The molecular formula is C7H12F3N3O3. The smallest absolute Gasteiger partial charge is 0.404 e. The van der Waals surface area contributed by atoms with Gasteiger partial charge in [-0.05, 0) is 0 Å². The second-order valence-electron chi connectivity index (χ2n) is 2.74. The normalized spacial score (nSPS) is 10.9. The number of carbonyl (C=O) groups is 2. The van der Waals surface area contributed by atoms with Gasteiger partial charge in [-0.3, -0.25) is 4.79 Å². The molecule has 2 amide bonds. The number of amides is 2. The molecule has 0 unspecified atom stereocenters. The summed E-state index contributed by atoms with van der Waals surface area (Å²) in [6.07, 6.45) is -5.33. The second-order valence-corrected chi connectivity index (χ2v) is 2.74. The van der Waals surface area contributed by atoms with Crippen LogP contribution in [-0.2, 0) is 9.53 Å². The molecule has 0 aliphatic heterocycles. The van der Waals surface area contributed by atoms with E-state index >= 15 is 0 Å². The zero-order valence-corrected chi connectivity index (χ0v) is 8.26. The van der Waals surface area contributed by atoms with Gasteiger partial charge in [0, 0.05) is 0 Å². The van der Waals surface area contributed by atoms with Gasteiger partial charge in [-0.15, -0.1) is 0 Å². The van der Waals surface area contributed by atoms with Gasteiger partial charge in [0.1, 0.15) is 6.61 Å².